The van der Waals surface area contributed by atoms with Gasteiger partial charge in [-0.3, -0.25) is 9.69 Å². The Morgan fingerprint density at radius 3 is 2.95 bits per heavy atom. The van der Waals surface area contributed by atoms with Crippen LogP contribution in [0.2, 0.25) is 0 Å². The first-order valence-corrected chi connectivity index (χ1v) is 7.27. The number of hydrogen-bond acceptors (Lipinski definition) is 3. The Morgan fingerprint density at radius 1 is 1.50 bits per heavy atom. The molecular weight excluding hydrogens is 252 g/mol. The summed E-state index contributed by atoms with van der Waals surface area (Å²) in [5, 5.41) is 0. The second-order valence-electron chi connectivity index (χ2n) is 5.60. The summed E-state index contributed by atoms with van der Waals surface area (Å²) in [5.41, 5.74) is 6.65. The van der Waals surface area contributed by atoms with E-state index in [0.29, 0.717) is 5.92 Å². The van der Waals surface area contributed by atoms with E-state index >= 15 is 0 Å². The highest BCUT2D eigenvalue weighted by Crippen LogP contribution is 2.26. The van der Waals surface area contributed by atoms with Gasteiger partial charge in [0.15, 0.2) is 0 Å². The summed E-state index contributed by atoms with van der Waals surface area (Å²) in [6, 6.07) is 7.99. The van der Waals surface area contributed by atoms with Crippen LogP contribution >= 0.6 is 0 Å². The Morgan fingerprint density at radius 2 is 2.25 bits per heavy atom. The number of hydrogen-bond donors (Lipinski definition) is 1. The maximum atomic E-state index is 11.3. The van der Waals surface area contributed by atoms with Crippen molar-refractivity contribution in [3.63, 3.8) is 0 Å². The maximum absolute atomic E-state index is 11.3. The summed E-state index contributed by atoms with van der Waals surface area (Å²) in [6.07, 6.45) is 3.31. The molecule has 1 saturated heterocycles. The van der Waals surface area contributed by atoms with Gasteiger partial charge in [0.25, 0.3) is 0 Å². The monoisotopic (exact) mass is 276 g/mol. The Hall–Kier alpha value is -1.55. The highest BCUT2D eigenvalue weighted by Gasteiger charge is 2.26. The molecule has 2 atom stereocenters. The lowest BCUT2D eigenvalue weighted by atomic mass is 9.90. The third kappa shape index (κ3) is 3.51. The second-order valence-corrected chi connectivity index (χ2v) is 5.60. The van der Waals surface area contributed by atoms with Gasteiger partial charge in [-0.05, 0) is 50.3 Å². The number of carbonyl (C=O) groups excluding carboxylic acids is 1. The number of benzene rings is 1. The molecule has 2 rings (SSSR count). The van der Waals surface area contributed by atoms with Crippen LogP contribution in [0, 0.1) is 5.92 Å². The lowest BCUT2D eigenvalue weighted by Crippen LogP contribution is -2.47. The fourth-order valence-electron chi connectivity index (χ4n) is 2.98. The zero-order valence-corrected chi connectivity index (χ0v) is 12.3. The molecule has 1 heterocycles. The summed E-state index contributed by atoms with van der Waals surface area (Å²) >= 11 is 0. The zero-order valence-electron chi connectivity index (χ0n) is 12.3. The van der Waals surface area contributed by atoms with E-state index in [4.69, 9.17) is 10.5 Å². The molecule has 1 aromatic rings. The number of piperidine rings is 1. The van der Waals surface area contributed by atoms with Crippen LogP contribution in [0.4, 0.5) is 0 Å². The smallest absolute Gasteiger partial charge is 0.234 e. The second kappa shape index (κ2) is 6.75. The van der Waals surface area contributed by atoms with Crippen molar-refractivity contribution in [2.24, 2.45) is 11.7 Å². The zero-order chi connectivity index (χ0) is 14.5. The quantitative estimate of drug-likeness (QED) is 0.892. The van der Waals surface area contributed by atoms with E-state index in [1.807, 2.05) is 25.1 Å². The van der Waals surface area contributed by atoms with E-state index in [-0.39, 0.29) is 11.9 Å². The molecule has 1 aromatic carbocycles. The van der Waals surface area contributed by atoms with Gasteiger partial charge in [-0.2, -0.15) is 0 Å². The number of nitrogens with two attached hydrogens (primary N) is 1. The third-order valence-corrected chi connectivity index (χ3v) is 4.21. The lowest BCUT2D eigenvalue weighted by molar-refractivity contribution is -0.123. The van der Waals surface area contributed by atoms with Crippen molar-refractivity contribution in [2.75, 3.05) is 20.2 Å². The van der Waals surface area contributed by atoms with Crippen LogP contribution in [-0.4, -0.2) is 37.0 Å². The van der Waals surface area contributed by atoms with Crippen LogP contribution in [0.1, 0.15) is 25.3 Å². The number of amides is 1. The van der Waals surface area contributed by atoms with Crippen LogP contribution in [-0.2, 0) is 11.2 Å². The molecule has 4 nitrogen and oxygen atoms in total. The topological polar surface area (TPSA) is 55.6 Å². The maximum Gasteiger partial charge on any atom is 0.234 e. The van der Waals surface area contributed by atoms with E-state index < -0.39 is 0 Å². The van der Waals surface area contributed by atoms with Gasteiger partial charge in [0.2, 0.25) is 5.91 Å². The van der Waals surface area contributed by atoms with Crippen molar-refractivity contribution in [1.29, 1.82) is 0 Å². The van der Waals surface area contributed by atoms with Gasteiger partial charge < -0.3 is 10.5 Å². The van der Waals surface area contributed by atoms with Gasteiger partial charge in [0.1, 0.15) is 5.75 Å². The summed E-state index contributed by atoms with van der Waals surface area (Å²) in [7, 11) is 1.71. The van der Waals surface area contributed by atoms with Crippen molar-refractivity contribution < 1.29 is 9.53 Å². The summed E-state index contributed by atoms with van der Waals surface area (Å²) in [5.74, 6) is 1.28. The third-order valence-electron chi connectivity index (χ3n) is 4.21. The minimum absolute atomic E-state index is 0.171. The van der Waals surface area contributed by atoms with Crippen molar-refractivity contribution in [2.45, 2.75) is 32.2 Å². The Labute approximate surface area is 120 Å². The molecule has 2 N–H and O–H groups in total. The average Bonchev–Trinajstić information content (AvgIpc) is 2.47. The molecule has 0 bridgehead atoms. The Balaban J connectivity index is 2.01. The molecule has 0 saturated carbocycles. The van der Waals surface area contributed by atoms with Crippen LogP contribution in [0.5, 0.6) is 5.75 Å². The normalized spacial score (nSPS) is 21.4. The standard InChI is InChI=1S/C16H24N2O2/c1-12(16(17)19)18-9-5-6-13(11-18)10-14-7-3-4-8-15(14)20-2/h3-4,7-8,12-13H,5-6,9-11H2,1-2H3,(H2,17,19)/t12-,13+/m0/s1. The first kappa shape index (κ1) is 14.9. The molecular formula is C16H24N2O2. The minimum atomic E-state index is -0.233. The molecule has 1 fully saturated rings. The summed E-state index contributed by atoms with van der Waals surface area (Å²) in [6.45, 7) is 3.79. The molecule has 20 heavy (non-hydrogen) atoms. The van der Waals surface area contributed by atoms with Gasteiger partial charge in [0.05, 0.1) is 13.2 Å². The first-order valence-electron chi connectivity index (χ1n) is 7.27. The highest BCUT2D eigenvalue weighted by atomic mass is 16.5. The molecule has 4 heteroatoms. The molecule has 0 spiro atoms. The number of carbonyl (C=O) groups is 1. The predicted molar refractivity (Wildman–Crippen MR) is 79.7 cm³/mol. The summed E-state index contributed by atoms with van der Waals surface area (Å²) < 4.78 is 5.41. The van der Waals surface area contributed by atoms with Crippen molar-refractivity contribution in [3.05, 3.63) is 29.8 Å². The van der Waals surface area contributed by atoms with E-state index in [9.17, 15) is 4.79 Å². The number of nitrogens with zero attached hydrogens (tertiary/aromatic N) is 1. The van der Waals surface area contributed by atoms with Crippen molar-refractivity contribution >= 4 is 5.91 Å². The van der Waals surface area contributed by atoms with Crippen molar-refractivity contribution in [1.82, 2.24) is 4.90 Å². The van der Waals surface area contributed by atoms with Gasteiger partial charge in [-0.25, -0.2) is 0 Å². The van der Waals surface area contributed by atoms with E-state index in [2.05, 4.69) is 11.0 Å². The number of rotatable bonds is 5. The first-order chi connectivity index (χ1) is 9.61. The molecule has 0 radical (unpaired) electrons. The summed E-state index contributed by atoms with van der Waals surface area (Å²) in [4.78, 5) is 13.5. The Bertz CT molecular complexity index is 462. The van der Waals surface area contributed by atoms with Crippen LogP contribution in [0.25, 0.3) is 0 Å². The molecule has 1 aliphatic rings. The predicted octanol–water partition coefficient (Wildman–Crippen LogP) is 1.82. The molecule has 1 amide bonds. The molecule has 1 aliphatic heterocycles. The highest BCUT2D eigenvalue weighted by molar-refractivity contribution is 5.79. The number of primary amides is 1. The number of para-hydroxylation sites is 1. The van der Waals surface area contributed by atoms with E-state index in [1.165, 1.54) is 12.0 Å². The number of likely N-dealkylation sites (tertiary alicyclic amines) is 1. The largest absolute Gasteiger partial charge is 0.496 e. The SMILES string of the molecule is COc1ccccc1C[C@H]1CCCN([C@@H](C)C(N)=O)C1. The fraction of sp³-hybridized carbons (Fsp3) is 0.562. The van der Waals surface area contributed by atoms with Crippen molar-refractivity contribution in [3.8, 4) is 5.75 Å². The number of methoxy groups -OCH3 is 1. The van der Waals surface area contributed by atoms with Gasteiger partial charge in [-0.15, -0.1) is 0 Å². The van der Waals surface area contributed by atoms with Crippen LogP contribution < -0.4 is 10.5 Å². The molecule has 110 valence electrons. The fourth-order valence-corrected chi connectivity index (χ4v) is 2.98. The van der Waals surface area contributed by atoms with E-state index in [1.54, 1.807) is 7.11 Å². The minimum Gasteiger partial charge on any atom is -0.496 e. The van der Waals surface area contributed by atoms with E-state index in [0.717, 1.165) is 31.7 Å². The molecule has 0 aromatic heterocycles. The van der Waals surface area contributed by atoms with Gasteiger partial charge in [0, 0.05) is 6.54 Å². The number of ether oxygens (including phenoxy) is 1. The Kier molecular flexibility index (Phi) is 5.01. The van der Waals surface area contributed by atoms with Gasteiger partial charge in [-0.1, -0.05) is 18.2 Å². The molecule has 0 unspecified atom stereocenters. The average molecular weight is 276 g/mol. The van der Waals surface area contributed by atoms with Crippen LogP contribution in [0.15, 0.2) is 24.3 Å². The molecule has 0 aliphatic carbocycles. The van der Waals surface area contributed by atoms with Crippen LogP contribution in [0.3, 0.4) is 0 Å². The van der Waals surface area contributed by atoms with Gasteiger partial charge >= 0.3 is 0 Å². The lowest BCUT2D eigenvalue weighted by Gasteiger charge is -2.35.